The second-order valence-electron chi connectivity index (χ2n) is 38.9. The molecule has 143 heavy (non-hydrogen) atoms. The van der Waals surface area contributed by atoms with E-state index in [1.54, 1.807) is 195 Å². The van der Waals surface area contributed by atoms with Crippen molar-refractivity contribution >= 4 is 89.1 Å². The maximum absolute atomic E-state index is 15.0. The zero-order valence-electron chi connectivity index (χ0n) is 86.6. The molecule has 0 aromatic heterocycles. The minimum atomic E-state index is -1.28. The molecule has 6 aromatic carbocycles. The van der Waals surface area contributed by atoms with Crippen LogP contribution in [0, 0.1) is 51.4 Å². The van der Waals surface area contributed by atoms with Gasteiger partial charge in [-0.15, -0.1) is 0 Å². The lowest BCUT2D eigenvalue weighted by Crippen LogP contribution is -2.46. The molecule has 6 amide bonds. The van der Waals surface area contributed by atoms with E-state index in [0.29, 0.717) is 111 Å². The van der Waals surface area contributed by atoms with Crippen LogP contribution in [0.5, 0.6) is 23.0 Å². The molecule has 8 bridgehead atoms. The van der Waals surface area contributed by atoms with E-state index in [9.17, 15) is 67.1 Å². The number of Topliss-reactive ketones (excluding diaryl/α,β-unsaturated/α-hetero) is 4. The largest absolute Gasteiger partial charge is 0.493 e. The Bertz CT molecular complexity index is 5330. The number of nitrogens with zero attached hydrogens (tertiary/aromatic N) is 2. The number of aldehydes is 1. The quantitative estimate of drug-likeness (QED) is 0.00648. The molecule has 0 saturated carbocycles. The number of nitrogens with two attached hydrogens (primary N) is 1. The number of carbonyl (C=O) groups excluding carboxylic acids is 15. The molecule has 2 heterocycles. The Hall–Kier alpha value is -12.9. The molecule has 6 aromatic rings. The molecule has 2 aliphatic heterocycles. The molecular formula is C109H156N8O26. The van der Waals surface area contributed by atoms with Gasteiger partial charge in [0.15, 0.2) is 23.1 Å². The molecule has 8 N–H and O–H groups in total. The van der Waals surface area contributed by atoms with Crippen molar-refractivity contribution in [2.45, 2.75) is 264 Å². The summed E-state index contributed by atoms with van der Waals surface area (Å²) < 4.78 is 56.2. The monoisotopic (exact) mass is 1990 g/mol. The third-order valence-electron chi connectivity index (χ3n) is 22.0. The van der Waals surface area contributed by atoms with E-state index < -0.39 is 136 Å². The number of methoxy groups -OCH3 is 2. The molecule has 0 saturated heterocycles. The van der Waals surface area contributed by atoms with Crippen LogP contribution in [0.1, 0.15) is 254 Å². The number of aryl methyl sites for hydroxylation is 4. The van der Waals surface area contributed by atoms with Crippen LogP contribution in [0.2, 0.25) is 0 Å². The van der Waals surface area contributed by atoms with Gasteiger partial charge in [0.2, 0.25) is 23.6 Å². The number of carbonyl (C=O) groups is 15. The number of amides is 6. The topological polar surface area (TPSA) is 461 Å². The van der Waals surface area contributed by atoms with Crippen LogP contribution in [-0.2, 0) is 94.0 Å². The third kappa shape index (κ3) is 40.4. The Morgan fingerprint density at radius 3 is 1.16 bits per heavy atom. The fourth-order valence-electron chi connectivity index (χ4n) is 15.6. The highest BCUT2D eigenvalue weighted by Gasteiger charge is 2.40. The number of fused-ring (bicyclic) bond motifs is 10. The van der Waals surface area contributed by atoms with Gasteiger partial charge in [0.1, 0.15) is 89.1 Å². The minimum absolute atomic E-state index is 0. The minimum Gasteiger partial charge on any atom is -0.493 e. The number of aliphatic hydroxyl groups excluding tert-OH is 1. The lowest BCUT2D eigenvalue weighted by atomic mass is 9.88. The average molecular weight is 1990 g/mol. The first-order valence-electron chi connectivity index (χ1n) is 47.5. The van der Waals surface area contributed by atoms with Gasteiger partial charge in [-0.3, -0.25) is 47.9 Å². The van der Waals surface area contributed by atoms with Gasteiger partial charge in [0.05, 0.1) is 59.5 Å². The Morgan fingerprint density at radius 2 is 0.818 bits per heavy atom. The number of benzene rings is 6. The summed E-state index contributed by atoms with van der Waals surface area (Å²) in [7, 11) is 6.39. The molecule has 34 heteroatoms. The van der Waals surface area contributed by atoms with Crippen LogP contribution in [0.15, 0.2) is 109 Å². The predicted molar refractivity (Wildman–Crippen MR) is 546 cm³/mol. The first-order chi connectivity index (χ1) is 66.2. The van der Waals surface area contributed by atoms with Crippen molar-refractivity contribution in [3.05, 3.63) is 165 Å². The zero-order chi connectivity index (χ0) is 106. The summed E-state index contributed by atoms with van der Waals surface area (Å²) >= 11 is 0. The first kappa shape index (κ1) is 124. The van der Waals surface area contributed by atoms with Crippen molar-refractivity contribution in [2.75, 3.05) is 94.6 Å². The van der Waals surface area contributed by atoms with Gasteiger partial charge < -0.3 is 99.4 Å². The number of nitrogens with one attached hydrogen (secondary N) is 5. The van der Waals surface area contributed by atoms with Gasteiger partial charge in [0, 0.05) is 117 Å². The van der Waals surface area contributed by atoms with Crippen molar-refractivity contribution in [2.24, 2.45) is 29.4 Å². The number of hydrogen-bond donors (Lipinski definition) is 7. The first-order valence-corrected chi connectivity index (χ1v) is 47.5. The number of ether oxygens (including phenoxy) is 10. The molecule has 0 aliphatic carbocycles. The molecule has 0 unspecified atom stereocenters. The van der Waals surface area contributed by atoms with Crippen LogP contribution in [0.4, 0.5) is 9.59 Å². The highest BCUT2D eigenvalue weighted by molar-refractivity contribution is 6.03. The Labute approximate surface area is 843 Å². The summed E-state index contributed by atoms with van der Waals surface area (Å²) in [6.45, 7) is 36.7. The molecule has 8 atom stereocenters. The molecular weight excluding hydrogens is 1840 g/mol. The fraction of sp³-hybridized carbons (Fsp3) is 0.532. The summed E-state index contributed by atoms with van der Waals surface area (Å²) in [6.07, 6.45) is -0.462. The van der Waals surface area contributed by atoms with Gasteiger partial charge in [-0.05, 0) is 218 Å². The van der Waals surface area contributed by atoms with E-state index in [-0.39, 0.29) is 130 Å². The van der Waals surface area contributed by atoms with Crippen LogP contribution in [0.3, 0.4) is 0 Å². The summed E-state index contributed by atoms with van der Waals surface area (Å²) in [4.78, 5) is 203. The van der Waals surface area contributed by atoms with Crippen LogP contribution >= 0.6 is 0 Å². The van der Waals surface area contributed by atoms with E-state index in [1.807, 2.05) is 52.8 Å². The Kier molecular flexibility index (Phi) is 50.9. The van der Waals surface area contributed by atoms with E-state index in [4.69, 9.17) is 58.2 Å². The Balaban J connectivity index is 0.000000660. The van der Waals surface area contributed by atoms with E-state index >= 15 is 4.79 Å². The Morgan fingerprint density at radius 1 is 0.469 bits per heavy atom. The maximum atomic E-state index is 15.0. The van der Waals surface area contributed by atoms with Crippen molar-refractivity contribution in [1.82, 2.24) is 36.4 Å². The van der Waals surface area contributed by atoms with Crippen LogP contribution in [-0.4, -0.2) is 233 Å². The molecule has 8 rings (SSSR count). The molecule has 2 aliphatic rings. The number of likely N-dealkylation sites (N-methyl/N-ethyl adjacent to an activating group) is 2. The second-order valence-corrected chi connectivity index (χ2v) is 38.9. The van der Waals surface area contributed by atoms with Crippen molar-refractivity contribution in [1.29, 1.82) is 0 Å². The molecule has 34 nitrogen and oxygen atoms in total. The third-order valence-corrected chi connectivity index (χ3v) is 22.0. The van der Waals surface area contributed by atoms with Gasteiger partial charge >= 0.3 is 36.1 Å². The number of alkyl carbamates (subject to hydrolysis) is 2. The summed E-state index contributed by atoms with van der Waals surface area (Å²) in [5.41, 5.74) is 10.9. The lowest BCUT2D eigenvalue weighted by molar-refractivity contribution is -0.154. The molecule has 788 valence electrons. The van der Waals surface area contributed by atoms with Crippen molar-refractivity contribution in [3.8, 4) is 45.3 Å². The number of aliphatic hydroxyl groups is 1. The van der Waals surface area contributed by atoms with E-state index in [2.05, 4.69) is 26.6 Å². The summed E-state index contributed by atoms with van der Waals surface area (Å²) in [5, 5.41) is 20.9. The summed E-state index contributed by atoms with van der Waals surface area (Å²) in [5.74, 6) is -8.32. The highest BCUT2D eigenvalue weighted by atomic mass is 16.6. The van der Waals surface area contributed by atoms with Gasteiger partial charge in [-0.25, -0.2) is 19.2 Å². The van der Waals surface area contributed by atoms with E-state index in [0.717, 1.165) is 29.4 Å². The van der Waals surface area contributed by atoms with Gasteiger partial charge in [-0.2, -0.15) is 0 Å². The number of ketones is 4. The SMILES string of the molecule is C.C.CC(C)(C)OC(=O)CN.CCCOc1ccc2cc1-c1cc(ccc1OCCNC(=O)OC(C)(C)C)C[C@@H](C(=O)OC)NC(=O)[C@H](C)CC(=O)[C@H]2N(C)C(=O)[C@H](CC=O)CC(=O)c1ccc(C)cc1C.CCCOc1ccc2cc1-c1cc(ccc1OCCNC(=O)OC(C)(C)C)C[C@@H](C(=O)OC)NC(=O)[C@H](C)CC(=O)[C@H]2N(C)C(=O)[C@H](CCNCC(=O)OC(C)(C)C)CC(=O)c1ccc(C)cc1C.CO. The number of esters is 4. The summed E-state index contributed by atoms with van der Waals surface area (Å²) in [6, 6.07) is 26.9. The average Bonchev–Trinajstić information content (AvgIpc) is 0.779. The molecule has 0 fully saturated rings. The molecule has 0 radical (unpaired) electrons. The fourth-order valence-corrected chi connectivity index (χ4v) is 15.6. The van der Waals surface area contributed by atoms with Gasteiger partial charge in [0.25, 0.3) is 0 Å². The van der Waals surface area contributed by atoms with Gasteiger partial charge in [-0.1, -0.05) is 114 Å². The van der Waals surface area contributed by atoms with E-state index in [1.165, 1.54) is 38.1 Å². The second kappa shape index (κ2) is 58.6. The van der Waals surface area contributed by atoms with Crippen LogP contribution in [0.25, 0.3) is 22.3 Å². The number of hydrogen-bond acceptors (Lipinski definition) is 28. The molecule has 0 spiro atoms. The predicted octanol–water partition coefficient (Wildman–Crippen LogP) is 14.8. The highest BCUT2D eigenvalue weighted by Crippen LogP contribution is 2.44. The van der Waals surface area contributed by atoms with Crippen molar-refractivity contribution < 1.29 is 124 Å². The zero-order valence-corrected chi connectivity index (χ0v) is 86.6. The maximum Gasteiger partial charge on any atom is 0.407 e. The number of rotatable bonds is 34. The normalized spacial score (nSPS) is 16.2. The van der Waals surface area contributed by atoms with Crippen molar-refractivity contribution in [3.63, 3.8) is 0 Å². The standard InChI is InChI=1S/C53H72N4O12.C47H59N3O11.C6H13NO2.CH4O.2CH4/c1-13-23-66-45-19-16-36-29-40(45)39-27-35(15-18-44(39)67-24-22-55-51(64)69-53(8,9)10)28-41(50(63)65-12)56-48(61)34(4)26-43(59)47(36)57(11)49(62)37(20-21-54-31-46(60)68-52(5,6)7)30-42(58)38-17-14-32(2)25-33(38)3;1-10-20-59-41-16-13-32-26-36(41)35-24-31(12-15-40(35)60-21-18-48-46(57)61-47(5,6)7)25-37(45(56)58-9)49-43(54)30(4)23-39(53)42(32)50(8)44(55)33(17-19-51)27-38(52)34-14-11-28(2)22-29(34)3;1-6(2,3)9-5(8)4-7;1-2;;/h14-19,25,27,29,34,37,41,47,54H,13,20-24,26,28,30-31H2,1-12H3,(H,55,64)(H,56,61);11-16,19,22,24,26,30,33,37,42H,10,17-18,20-21,23,25,27H2,1-9H3,(H,48,57)(H,49,54);4,7H2,1-3H3;2H,1H3;2*1H4/t34-,37-,41+,47+;30-,33-,37+,42+;;;;/m11..../s1. The smallest absolute Gasteiger partial charge is 0.407 e. The van der Waals surface area contributed by atoms with Crippen LogP contribution < -0.4 is 51.3 Å². The lowest BCUT2D eigenvalue weighted by Gasteiger charge is -2.32.